The van der Waals surface area contributed by atoms with Crippen LogP contribution in [-0.4, -0.2) is 23.8 Å². The van der Waals surface area contributed by atoms with E-state index in [9.17, 15) is 9.59 Å². The standard InChI is InChI=1S/C12H14N2O2/c1-14-11(15)6-9(7-12(14)16)8-2-4-10(13)5-3-8/h2-5,9H,6-7,13H2,1H3. The highest BCUT2D eigenvalue weighted by Gasteiger charge is 2.30. The normalized spacial score (nSPS) is 17.9. The SMILES string of the molecule is CN1C(=O)CC(c2ccc(N)cc2)CC1=O. The third-order valence-corrected chi connectivity index (χ3v) is 3.00. The minimum atomic E-state index is -0.113. The number of hydrogen-bond acceptors (Lipinski definition) is 3. The van der Waals surface area contributed by atoms with Gasteiger partial charge < -0.3 is 5.73 Å². The second-order valence-corrected chi connectivity index (χ2v) is 4.12. The number of carbonyl (C=O) groups excluding carboxylic acids is 2. The van der Waals surface area contributed by atoms with Gasteiger partial charge in [0.25, 0.3) is 0 Å². The summed E-state index contributed by atoms with van der Waals surface area (Å²) < 4.78 is 0. The lowest BCUT2D eigenvalue weighted by Crippen LogP contribution is -2.39. The van der Waals surface area contributed by atoms with Crippen molar-refractivity contribution in [1.82, 2.24) is 4.90 Å². The molecule has 1 aromatic rings. The summed E-state index contributed by atoms with van der Waals surface area (Å²) in [7, 11) is 1.53. The predicted molar refractivity (Wildman–Crippen MR) is 60.6 cm³/mol. The zero-order valence-electron chi connectivity index (χ0n) is 9.14. The van der Waals surface area contributed by atoms with Crippen LogP contribution in [0, 0.1) is 0 Å². The monoisotopic (exact) mass is 218 g/mol. The molecule has 1 heterocycles. The van der Waals surface area contributed by atoms with Crippen molar-refractivity contribution in [2.75, 3.05) is 12.8 Å². The highest BCUT2D eigenvalue weighted by Crippen LogP contribution is 2.29. The Kier molecular flexibility index (Phi) is 2.64. The zero-order chi connectivity index (χ0) is 11.7. The van der Waals surface area contributed by atoms with Gasteiger partial charge in [-0.3, -0.25) is 14.5 Å². The van der Waals surface area contributed by atoms with Gasteiger partial charge in [-0.1, -0.05) is 12.1 Å². The van der Waals surface area contributed by atoms with Crippen molar-refractivity contribution >= 4 is 17.5 Å². The minimum absolute atomic E-state index is 0.00296. The van der Waals surface area contributed by atoms with Crippen LogP contribution in [0.1, 0.15) is 24.3 Å². The van der Waals surface area contributed by atoms with Gasteiger partial charge in [-0.25, -0.2) is 0 Å². The van der Waals surface area contributed by atoms with Crippen LogP contribution in [0.25, 0.3) is 0 Å². The Morgan fingerprint density at radius 1 is 1.12 bits per heavy atom. The largest absolute Gasteiger partial charge is 0.399 e. The van der Waals surface area contributed by atoms with Crippen LogP contribution in [0.3, 0.4) is 0 Å². The molecule has 4 heteroatoms. The van der Waals surface area contributed by atoms with Crippen molar-refractivity contribution in [3.05, 3.63) is 29.8 Å². The van der Waals surface area contributed by atoms with Gasteiger partial charge in [0, 0.05) is 31.5 Å². The highest BCUT2D eigenvalue weighted by atomic mass is 16.2. The smallest absolute Gasteiger partial charge is 0.229 e. The van der Waals surface area contributed by atoms with Crippen LogP contribution in [-0.2, 0) is 9.59 Å². The molecule has 2 amide bonds. The van der Waals surface area contributed by atoms with E-state index in [4.69, 9.17) is 5.73 Å². The Hall–Kier alpha value is -1.84. The molecule has 0 atom stereocenters. The number of nitrogens with zero attached hydrogens (tertiary/aromatic N) is 1. The fourth-order valence-corrected chi connectivity index (χ4v) is 1.91. The molecule has 2 N–H and O–H groups in total. The molecular formula is C12H14N2O2. The van der Waals surface area contributed by atoms with Crippen molar-refractivity contribution in [3.63, 3.8) is 0 Å². The number of anilines is 1. The van der Waals surface area contributed by atoms with Crippen molar-refractivity contribution in [2.24, 2.45) is 0 Å². The van der Waals surface area contributed by atoms with E-state index in [0.717, 1.165) is 5.56 Å². The van der Waals surface area contributed by atoms with E-state index in [1.165, 1.54) is 11.9 Å². The van der Waals surface area contributed by atoms with Gasteiger partial charge in [-0.2, -0.15) is 0 Å². The number of nitrogen functional groups attached to an aromatic ring is 1. The third-order valence-electron chi connectivity index (χ3n) is 3.00. The van der Waals surface area contributed by atoms with E-state index < -0.39 is 0 Å². The number of piperidine rings is 1. The number of benzene rings is 1. The fraction of sp³-hybridized carbons (Fsp3) is 0.333. The van der Waals surface area contributed by atoms with Crippen molar-refractivity contribution in [1.29, 1.82) is 0 Å². The molecule has 0 aliphatic carbocycles. The highest BCUT2D eigenvalue weighted by molar-refractivity contribution is 5.98. The van der Waals surface area contributed by atoms with Crippen LogP contribution in [0.4, 0.5) is 5.69 Å². The maximum atomic E-state index is 11.5. The first kappa shape index (κ1) is 10.7. The van der Waals surface area contributed by atoms with E-state index in [1.54, 1.807) is 12.1 Å². The van der Waals surface area contributed by atoms with E-state index in [2.05, 4.69) is 0 Å². The molecule has 1 fully saturated rings. The molecule has 1 aromatic carbocycles. The second-order valence-electron chi connectivity index (χ2n) is 4.12. The Labute approximate surface area is 94.0 Å². The number of amides is 2. The average Bonchev–Trinajstić information content (AvgIpc) is 2.26. The van der Waals surface area contributed by atoms with Crippen molar-refractivity contribution in [2.45, 2.75) is 18.8 Å². The molecule has 84 valence electrons. The summed E-state index contributed by atoms with van der Waals surface area (Å²) in [6.45, 7) is 0. The van der Waals surface area contributed by atoms with E-state index in [1.807, 2.05) is 12.1 Å². The van der Waals surface area contributed by atoms with E-state index in [0.29, 0.717) is 18.5 Å². The average molecular weight is 218 g/mol. The summed E-state index contributed by atoms with van der Waals surface area (Å²) in [6.07, 6.45) is 0.790. The number of imide groups is 1. The van der Waals surface area contributed by atoms with Crippen molar-refractivity contribution in [3.8, 4) is 0 Å². The first-order chi connectivity index (χ1) is 7.58. The lowest BCUT2D eigenvalue weighted by Gasteiger charge is -2.27. The topological polar surface area (TPSA) is 63.4 Å². The van der Waals surface area contributed by atoms with Gasteiger partial charge in [-0.15, -0.1) is 0 Å². The van der Waals surface area contributed by atoms with E-state index in [-0.39, 0.29) is 17.7 Å². The Balaban J connectivity index is 2.20. The van der Waals surface area contributed by atoms with Gasteiger partial charge in [-0.05, 0) is 17.7 Å². The van der Waals surface area contributed by atoms with Crippen LogP contribution in [0.15, 0.2) is 24.3 Å². The molecule has 2 rings (SSSR count). The molecular weight excluding hydrogens is 204 g/mol. The lowest BCUT2D eigenvalue weighted by atomic mass is 9.89. The van der Waals surface area contributed by atoms with Crippen LogP contribution in [0.5, 0.6) is 0 Å². The van der Waals surface area contributed by atoms with Crippen molar-refractivity contribution < 1.29 is 9.59 Å². The van der Waals surface area contributed by atoms with Gasteiger partial charge in [0.15, 0.2) is 0 Å². The quantitative estimate of drug-likeness (QED) is 0.567. The molecule has 0 saturated carbocycles. The molecule has 0 radical (unpaired) electrons. The zero-order valence-corrected chi connectivity index (χ0v) is 9.14. The first-order valence-corrected chi connectivity index (χ1v) is 5.22. The Morgan fingerprint density at radius 3 is 2.12 bits per heavy atom. The molecule has 1 aliphatic heterocycles. The number of likely N-dealkylation sites (tertiary alicyclic amines) is 1. The number of nitrogens with two attached hydrogens (primary N) is 1. The molecule has 0 spiro atoms. The lowest BCUT2D eigenvalue weighted by molar-refractivity contribution is -0.146. The summed E-state index contributed by atoms with van der Waals surface area (Å²) in [6, 6.07) is 7.35. The maximum Gasteiger partial charge on any atom is 0.229 e. The maximum absolute atomic E-state index is 11.5. The number of carbonyl (C=O) groups is 2. The molecule has 0 unspecified atom stereocenters. The molecule has 4 nitrogen and oxygen atoms in total. The summed E-state index contributed by atoms with van der Waals surface area (Å²) in [5.41, 5.74) is 7.28. The van der Waals surface area contributed by atoms with Gasteiger partial charge in [0.1, 0.15) is 0 Å². The molecule has 1 aliphatic rings. The van der Waals surface area contributed by atoms with E-state index >= 15 is 0 Å². The van der Waals surface area contributed by atoms with Gasteiger partial charge in [0.2, 0.25) is 11.8 Å². The first-order valence-electron chi connectivity index (χ1n) is 5.22. The van der Waals surface area contributed by atoms with Gasteiger partial charge in [0.05, 0.1) is 0 Å². The molecule has 0 bridgehead atoms. The second kappa shape index (κ2) is 3.96. The summed E-state index contributed by atoms with van der Waals surface area (Å²) in [5.74, 6) is -0.229. The minimum Gasteiger partial charge on any atom is -0.399 e. The summed E-state index contributed by atoms with van der Waals surface area (Å²) in [5, 5.41) is 0. The molecule has 1 saturated heterocycles. The fourth-order valence-electron chi connectivity index (χ4n) is 1.91. The third kappa shape index (κ3) is 1.91. The Morgan fingerprint density at radius 2 is 1.62 bits per heavy atom. The van der Waals surface area contributed by atoms with Gasteiger partial charge >= 0.3 is 0 Å². The molecule has 16 heavy (non-hydrogen) atoms. The number of hydrogen-bond donors (Lipinski definition) is 1. The number of rotatable bonds is 1. The summed E-state index contributed by atoms with van der Waals surface area (Å²) in [4.78, 5) is 24.3. The van der Waals surface area contributed by atoms with Crippen LogP contribution < -0.4 is 5.73 Å². The van der Waals surface area contributed by atoms with Crippen LogP contribution in [0.2, 0.25) is 0 Å². The predicted octanol–water partition coefficient (Wildman–Crippen LogP) is 1.13. The van der Waals surface area contributed by atoms with Crippen LogP contribution >= 0.6 is 0 Å². The Bertz CT molecular complexity index is 407. The summed E-state index contributed by atoms with van der Waals surface area (Å²) >= 11 is 0. The molecule has 0 aromatic heterocycles.